The van der Waals surface area contributed by atoms with Crippen molar-refractivity contribution in [1.82, 2.24) is 4.98 Å². The van der Waals surface area contributed by atoms with Gasteiger partial charge in [0.05, 0.1) is 17.0 Å². The van der Waals surface area contributed by atoms with Gasteiger partial charge in [0.15, 0.2) is 0 Å². The number of anilines is 1. The van der Waals surface area contributed by atoms with Crippen LogP contribution in [0.25, 0.3) is 11.3 Å². The van der Waals surface area contributed by atoms with Crippen LogP contribution in [0.3, 0.4) is 0 Å². The highest BCUT2D eigenvalue weighted by atomic mass is 16.2. The van der Waals surface area contributed by atoms with Crippen LogP contribution in [0.4, 0.5) is 5.69 Å². The van der Waals surface area contributed by atoms with E-state index in [0.717, 1.165) is 22.6 Å². The van der Waals surface area contributed by atoms with Crippen LogP contribution >= 0.6 is 0 Å². The fourth-order valence-electron chi connectivity index (χ4n) is 2.75. The van der Waals surface area contributed by atoms with Gasteiger partial charge in [0.2, 0.25) is 0 Å². The van der Waals surface area contributed by atoms with Gasteiger partial charge in [-0.15, -0.1) is 0 Å². The van der Waals surface area contributed by atoms with Crippen molar-refractivity contribution >= 4 is 11.6 Å². The topological polar surface area (TPSA) is 33.2 Å². The number of carbonyl (C=O) groups is 1. The smallest absolute Gasteiger partial charge is 0.260 e. The minimum Gasteiger partial charge on any atom is -0.309 e. The molecular weight excluding hydrogens is 296 g/mol. The summed E-state index contributed by atoms with van der Waals surface area (Å²) in [5.41, 5.74) is 4.22. The number of amides is 1. The van der Waals surface area contributed by atoms with Crippen molar-refractivity contribution in [3.8, 4) is 11.3 Å². The van der Waals surface area contributed by atoms with E-state index in [4.69, 9.17) is 0 Å². The first-order valence-corrected chi connectivity index (χ1v) is 8.10. The molecule has 0 fully saturated rings. The van der Waals surface area contributed by atoms with Crippen molar-refractivity contribution in [2.75, 3.05) is 11.4 Å². The number of hydrogen-bond acceptors (Lipinski definition) is 2. The molecule has 3 aromatic rings. The third-order valence-electron chi connectivity index (χ3n) is 4.02. The maximum Gasteiger partial charge on any atom is 0.260 e. The summed E-state index contributed by atoms with van der Waals surface area (Å²) in [4.78, 5) is 19.3. The quantitative estimate of drug-likeness (QED) is 0.697. The fourth-order valence-corrected chi connectivity index (χ4v) is 2.75. The van der Waals surface area contributed by atoms with Crippen LogP contribution in [0.1, 0.15) is 23.0 Å². The highest BCUT2D eigenvalue weighted by molar-refractivity contribution is 6.06. The molecule has 2 aromatic carbocycles. The second-order valence-electron chi connectivity index (χ2n) is 5.58. The molecule has 0 saturated carbocycles. The van der Waals surface area contributed by atoms with Crippen molar-refractivity contribution < 1.29 is 4.79 Å². The molecule has 3 nitrogen and oxygen atoms in total. The summed E-state index contributed by atoms with van der Waals surface area (Å²) in [7, 11) is 0. The van der Waals surface area contributed by atoms with E-state index in [2.05, 4.69) is 4.98 Å². The number of nitrogens with zero attached hydrogens (tertiary/aromatic N) is 2. The molecular formula is C21H20N2O. The fraction of sp³-hybridized carbons (Fsp3) is 0.143. The lowest BCUT2D eigenvalue weighted by molar-refractivity contribution is 0.0987. The number of aryl methyl sites for hydroxylation is 1. The summed E-state index contributed by atoms with van der Waals surface area (Å²) in [6.45, 7) is 4.48. The third kappa shape index (κ3) is 3.20. The Bertz CT molecular complexity index is 829. The van der Waals surface area contributed by atoms with Crippen LogP contribution < -0.4 is 4.90 Å². The average Bonchev–Trinajstić information content (AvgIpc) is 2.64. The van der Waals surface area contributed by atoms with Gasteiger partial charge in [-0.05, 0) is 38.1 Å². The van der Waals surface area contributed by atoms with E-state index >= 15 is 0 Å². The van der Waals surface area contributed by atoms with Crippen molar-refractivity contribution in [1.29, 1.82) is 0 Å². The Labute approximate surface area is 142 Å². The molecule has 3 heteroatoms. The molecule has 1 amide bonds. The number of aromatic nitrogens is 1. The molecule has 0 radical (unpaired) electrons. The van der Waals surface area contributed by atoms with Gasteiger partial charge in [-0.1, -0.05) is 48.5 Å². The molecule has 0 spiro atoms. The second kappa shape index (κ2) is 7.09. The zero-order valence-electron chi connectivity index (χ0n) is 13.9. The monoisotopic (exact) mass is 316 g/mol. The number of hydrogen-bond donors (Lipinski definition) is 0. The molecule has 1 aromatic heterocycles. The van der Waals surface area contributed by atoms with Gasteiger partial charge in [0, 0.05) is 17.8 Å². The lowest BCUT2D eigenvalue weighted by Crippen LogP contribution is -2.31. The van der Waals surface area contributed by atoms with Gasteiger partial charge in [-0.2, -0.15) is 0 Å². The van der Waals surface area contributed by atoms with Crippen LogP contribution in [0.15, 0.2) is 72.8 Å². The Morgan fingerprint density at radius 1 is 0.917 bits per heavy atom. The van der Waals surface area contributed by atoms with E-state index in [1.807, 2.05) is 86.6 Å². The summed E-state index contributed by atoms with van der Waals surface area (Å²) in [6, 6.07) is 23.5. The summed E-state index contributed by atoms with van der Waals surface area (Å²) < 4.78 is 0. The first-order chi connectivity index (χ1) is 11.7. The van der Waals surface area contributed by atoms with Crippen molar-refractivity contribution in [2.45, 2.75) is 13.8 Å². The van der Waals surface area contributed by atoms with Gasteiger partial charge in [-0.25, -0.2) is 0 Å². The molecule has 0 saturated heterocycles. The predicted molar refractivity (Wildman–Crippen MR) is 98.2 cm³/mol. The van der Waals surface area contributed by atoms with Gasteiger partial charge < -0.3 is 4.90 Å². The molecule has 0 aliphatic carbocycles. The highest BCUT2D eigenvalue weighted by Crippen LogP contribution is 2.21. The lowest BCUT2D eigenvalue weighted by atomic mass is 10.1. The predicted octanol–water partition coefficient (Wildman–Crippen LogP) is 4.72. The Hall–Kier alpha value is -2.94. The molecule has 0 unspecified atom stereocenters. The molecule has 0 atom stereocenters. The third-order valence-corrected chi connectivity index (χ3v) is 4.02. The van der Waals surface area contributed by atoms with E-state index in [9.17, 15) is 4.79 Å². The van der Waals surface area contributed by atoms with Crippen molar-refractivity contribution in [2.24, 2.45) is 0 Å². The van der Waals surface area contributed by atoms with Crippen LogP contribution in [-0.4, -0.2) is 17.4 Å². The molecule has 0 aliphatic heterocycles. The van der Waals surface area contributed by atoms with E-state index in [0.29, 0.717) is 12.1 Å². The van der Waals surface area contributed by atoms with Crippen LogP contribution in [-0.2, 0) is 0 Å². The van der Waals surface area contributed by atoms with Gasteiger partial charge in [-0.3, -0.25) is 9.78 Å². The Morgan fingerprint density at radius 2 is 1.54 bits per heavy atom. The first kappa shape index (κ1) is 15.9. The minimum absolute atomic E-state index is 0.0201. The molecule has 3 rings (SSSR count). The first-order valence-electron chi connectivity index (χ1n) is 8.10. The minimum atomic E-state index is -0.0201. The van der Waals surface area contributed by atoms with E-state index in [-0.39, 0.29) is 5.91 Å². The maximum absolute atomic E-state index is 12.9. The van der Waals surface area contributed by atoms with E-state index in [1.54, 1.807) is 4.90 Å². The molecule has 0 bridgehead atoms. The zero-order valence-corrected chi connectivity index (χ0v) is 13.9. The normalized spacial score (nSPS) is 10.4. The lowest BCUT2D eigenvalue weighted by Gasteiger charge is -2.22. The Balaban J connectivity index is 1.93. The Morgan fingerprint density at radius 3 is 2.12 bits per heavy atom. The molecule has 120 valence electrons. The van der Waals surface area contributed by atoms with Gasteiger partial charge >= 0.3 is 0 Å². The van der Waals surface area contributed by atoms with Crippen molar-refractivity contribution in [3.63, 3.8) is 0 Å². The maximum atomic E-state index is 12.9. The number of para-hydroxylation sites is 1. The van der Waals surface area contributed by atoms with E-state index < -0.39 is 0 Å². The van der Waals surface area contributed by atoms with Crippen LogP contribution in [0.2, 0.25) is 0 Å². The largest absolute Gasteiger partial charge is 0.309 e. The number of pyridine rings is 1. The van der Waals surface area contributed by atoms with Crippen molar-refractivity contribution in [3.05, 3.63) is 84.1 Å². The molecule has 24 heavy (non-hydrogen) atoms. The average molecular weight is 316 g/mol. The van der Waals surface area contributed by atoms with Gasteiger partial charge in [0.1, 0.15) is 0 Å². The zero-order chi connectivity index (χ0) is 16.9. The van der Waals surface area contributed by atoms with Gasteiger partial charge in [0.25, 0.3) is 5.91 Å². The SMILES string of the molecule is CCN(C(=O)c1ccc(-c2ccccc2)nc1C)c1ccccc1. The van der Waals surface area contributed by atoms with E-state index in [1.165, 1.54) is 0 Å². The standard InChI is InChI=1S/C21H20N2O/c1-3-23(18-12-8-5-9-13-18)21(24)19-14-15-20(22-16(19)2)17-10-6-4-7-11-17/h4-15H,3H2,1-2H3. The number of benzene rings is 2. The number of rotatable bonds is 4. The second-order valence-corrected chi connectivity index (χ2v) is 5.58. The summed E-state index contributed by atoms with van der Waals surface area (Å²) in [6.07, 6.45) is 0. The highest BCUT2D eigenvalue weighted by Gasteiger charge is 2.18. The van der Waals surface area contributed by atoms with Crippen LogP contribution in [0.5, 0.6) is 0 Å². The van der Waals surface area contributed by atoms with Crippen LogP contribution in [0, 0.1) is 6.92 Å². The molecule has 0 N–H and O–H groups in total. The Kier molecular flexibility index (Phi) is 4.71. The molecule has 0 aliphatic rings. The summed E-state index contributed by atoms with van der Waals surface area (Å²) >= 11 is 0. The summed E-state index contributed by atoms with van der Waals surface area (Å²) in [5, 5.41) is 0. The molecule has 1 heterocycles. The number of carbonyl (C=O) groups excluding carboxylic acids is 1. The summed E-state index contributed by atoms with van der Waals surface area (Å²) in [5.74, 6) is -0.0201.